The second-order valence-electron chi connectivity index (χ2n) is 17.8. The number of likely N-dealkylation sites (N-methyl/N-ethyl adjacent to an activating group) is 1. The predicted octanol–water partition coefficient (Wildman–Crippen LogP) is 4.47. The fourth-order valence-electron chi connectivity index (χ4n) is 10.1. The van der Waals surface area contributed by atoms with Crippen LogP contribution in [-0.2, 0) is 20.9 Å². The van der Waals surface area contributed by atoms with Crippen molar-refractivity contribution in [2.24, 2.45) is 11.3 Å². The number of amides is 4. The Kier molecular flexibility index (Phi) is 11.3. The first-order valence-corrected chi connectivity index (χ1v) is 22.1. The first-order chi connectivity index (χ1) is 29.9. The van der Waals surface area contributed by atoms with Gasteiger partial charge in [0.25, 0.3) is 17.4 Å². The Morgan fingerprint density at radius 2 is 1.79 bits per heavy atom. The highest BCUT2D eigenvalue weighted by atomic mass is 35.5. The molecule has 0 saturated carbocycles. The normalized spacial score (nSPS) is 22.0. The van der Waals surface area contributed by atoms with Crippen molar-refractivity contribution >= 4 is 69.3 Å². The van der Waals surface area contributed by atoms with Gasteiger partial charge in [0.05, 0.1) is 11.7 Å². The highest BCUT2D eigenvalue weighted by Gasteiger charge is 2.45. The van der Waals surface area contributed by atoms with Crippen LogP contribution in [0.25, 0.3) is 10.9 Å². The topological polar surface area (TPSA) is 174 Å². The summed E-state index contributed by atoms with van der Waals surface area (Å²) in [6.07, 6.45) is 6.66. The maximum Gasteiger partial charge on any atom is 0.293 e. The third-order valence-electron chi connectivity index (χ3n) is 13.4. The SMILES string of the molecule is CNC(=O)COc1cc2cc(Nc3nc(N4CCC5(CCN(CC6CCN(c7ccc8c(c7)CN(C7CCC(=O)NC7=O)C8=O)CC6)C5)C4)ncc3Cl)ccc2n(C(C)C)c1=O. The molecule has 4 amide bonds. The number of piperidine rings is 2. The highest BCUT2D eigenvalue weighted by Crippen LogP contribution is 2.42. The second-order valence-corrected chi connectivity index (χ2v) is 18.2. The average molecular weight is 865 g/mol. The number of hydrogen-bond donors (Lipinski definition) is 3. The maximum atomic E-state index is 13.3. The summed E-state index contributed by atoms with van der Waals surface area (Å²) in [6, 6.07) is 12.6. The van der Waals surface area contributed by atoms with E-state index in [2.05, 4.69) is 41.7 Å². The van der Waals surface area contributed by atoms with E-state index in [0.717, 1.165) is 99.3 Å². The van der Waals surface area contributed by atoms with E-state index >= 15 is 0 Å². The number of benzene rings is 2. The van der Waals surface area contributed by atoms with Crippen LogP contribution in [0.1, 0.15) is 74.3 Å². The maximum absolute atomic E-state index is 13.3. The molecule has 16 nitrogen and oxygen atoms in total. The summed E-state index contributed by atoms with van der Waals surface area (Å²) in [5.41, 5.74) is 4.06. The number of nitrogens with one attached hydrogen (secondary N) is 3. The molecule has 0 aliphatic carbocycles. The van der Waals surface area contributed by atoms with E-state index in [9.17, 15) is 24.0 Å². The van der Waals surface area contributed by atoms with Gasteiger partial charge in [-0.3, -0.25) is 29.3 Å². The van der Waals surface area contributed by atoms with Crippen molar-refractivity contribution in [3.8, 4) is 5.75 Å². The van der Waals surface area contributed by atoms with Crippen molar-refractivity contribution in [2.75, 3.05) is 74.6 Å². The second kappa shape index (κ2) is 16.9. The molecule has 1 spiro atoms. The quantitative estimate of drug-likeness (QED) is 0.181. The van der Waals surface area contributed by atoms with Crippen LogP contribution in [-0.4, -0.2) is 113 Å². The lowest BCUT2D eigenvalue weighted by Crippen LogP contribution is -2.52. The van der Waals surface area contributed by atoms with Gasteiger partial charge in [0.2, 0.25) is 17.8 Å². The van der Waals surface area contributed by atoms with E-state index in [1.165, 1.54) is 7.05 Å². The van der Waals surface area contributed by atoms with E-state index < -0.39 is 6.04 Å². The molecule has 62 heavy (non-hydrogen) atoms. The van der Waals surface area contributed by atoms with Gasteiger partial charge in [0.1, 0.15) is 11.1 Å². The van der Waals surface area contributed by atoms with Crippen LogP contribution >= 0.6 is 11.6 Å². The zero-order chi connectivity index (χ0) is 43.3. The van der Waals surface area contributed by atoms with Gasteiger partial charge in [0.15, 0.2) is 18.2 Å². The van der Waals surface area contributed by atoms with E-state index in [1.54, 1.807) is 21.7 Å². The van der Waals surface area contributed by atoms with Crippen molar-refractivity contribution in [3.63, 3.8) is 0 Å². The standard InChI is InChI=1S/C45H53ClN10O6/c1-27(2)56-35-7-4-31(18-29(35)20-37(43(56)61)62-24-39(58)47-3)49-40-34(46)21-48-44(51-40)54-17-13-45(26-54)12-16-52(25-45)22-28-10-14-53(15-11-28)32-5-6-33-30(19-32)23-55(42(33)60)36-8-9-38(57)50-41(36)59/h4-7,18-21,27-28,36H,8-17,22-26H2,1-3H3,(H,47,58)(H,48,49,51)(H,50,57,59). The van der Waals surface area contributed by atoms with Crippen LogP contribution in [0.4, 0.5) is 23.1 Å². The Labute approximate surface area is 364 Å². The molecule has 17 heteroatoms. The number of anilines is 4. The van der Waals surface area contributed by atoms with Crippen LogP contribution in [0.5, 0.6) is 5.75 Å². The van der Waals surface area contributed by atoms with Crippen molar-refractivity contribution in [2.45, 2.75) is 71.0 Å². The van der Waals surface area contributed by atoms with Crippen molar-refractivity contribution in [3.05, 3.63) is 75.2 Å². The van der Waals surface area contributed by atoms with Crippen LogP contribution in [0, 0.1) is 11.3 Å². The van der Waals surface area contributed by atoms with Crippen LogP contribution in [0.2, 0.25) is 5.02 Å². The average Bonchev–Trinajstić information content (AvgIpc) is 3.96. The monoisotopic (exact) mass is 864 g/mol. The Balaban J connectivity index is 0.794. The lowest BCUT2D eigenvalue weighted by molar-refractivity contribution is -0.137. The van der Waals surface area contributed by atoms with Crippen LogP contribution in [0.15, 0.2) is 53.5 Å². The van der Waals surface area contributed by atoms with Crippen molar-refractivity contribution in [1.82, 2.24) is 35.0 Å². The lowest BCUT2D eigenvalue weighted by atomic mass is 9.86. The first kappa shape index (κ1) is 41.6. The Bertz CT molecular complexity index is 2500. The summed E-state index contributed by atoms with van der Waals surface area (Å²) in [6.45, 7) is 10.9. The summed E-state index contributed by atoms with van der Waals surface area (Å²) in [4.78, 5) is 81.0. The molecule has 0 radical (unpaired) electrons. The number of nitrogens with zero attached hydrogens (tertiary/aromatic N) is 7. The third-order valence-corrected chi connectivity index (χ3v) is 13.7. The van der Waals surface area contributed by atoms with E-state index in [4.69, 9.17) is 21.3 Å². The summed E-state index contributed by atoms with van der Waals surface area (Å²) in [5.74, 6) is 0.705. The third kappa shape index (κ3) is 8.17. The zero-order valence-corrected chi connectivity index (χ0v) is 36.2. The molecule has 2 aromatic carbocycles. The predicted molar refractivity (Wildman–Crippen MR) is 236 cm³/mol. The molecule has 2 aromatic heterocycles. The first-order valence-electron chi connectivity index (χ1n) is 21.7. The fourth-order valence-corrected chi connectivity index (χ4v) is 10.2. The summed E-state index contributed by atoms with van der Waals surface area (Å²) in [5, 5.41) is 9.43. The highest BCUT2D eigenvalue weighted by molar-refractivity contribution is 6.33. The van der Waals surface area contributed by atoms with Crippen molar-refractivity contribution < 1.29 is 23.9 Å². The number of rotatable bonds is 11. The lowest BCUT2D eigenvalue weighted by Gasteiger charge is -2.35. The van der Waals surface area contributed by atoms with E-state index in [-0.39, 0.29) is 59.4 Å². The van der Waals surface area contributed by atoms with Gasteiger partial charge < -0.3 is 39.5 Å². The molecular formula is C45H53ClN10O6. The molecule has 7 heterocycles. The van der Waals surface area contributed by atoms with Gasteiger partial charge in [-0.1, -0.05) is 11.6 Å². The number of pyridine rings is 1. The summed E-state index contributed by atoms with van der Waals surface area (Å²) in [7, 11) is 1.52. The Morgan fingerprint density at radius 1 is 0.984 bits per heavy atom. The molecule has 5 aliphatic rings. The Hall–Kier alpha value is -5.74. The minimum atomic E-state index is -0.608. The summed E-state index contributed by atoms with van der Waals surface area (Å²) >= 11 is 6.66. The molecule has 326 valence electrons. The summed E-state index contributed by atoms with van der Waals surface area (Å²) < 4.78 is 7.30. The molecule has 3 N–H and O–H groups in total. The molecule has 2 unspecified atom stereocenters. The van der Waals surface area contributed by atoms with Gasteiger partial charge in [-0.2, -0.15) is 4.98 Å². The zero-order valence-electron chi connectivity index (χ0n) is 35.4. The number of carbonyl (C=O) groups excluding carboxylic acids is 4. The largest absolute Gasteiger partial charge is 0.478 e. The van der Waals surface area contributed by atoms with E-state index in [1.807, 2.05) is 44.2 Å². The molecule has 0 bridgehead atoms. The minimum Gasteiger partial charge on any atom is -0.478 e. The number of aromatic nitrogens is 3. The van der Waals surface area contributed by atoms with Crippen LogP contribution < -0.4 is 36.0 Å². The Morgan fingerprint density at radius 3 is 2.56 bits per heavy atom. The van der Waals surface area contributed by atoms with Crippen molar-refractivity contribution in [1.29, 1.82) is 0 Å². The number of imide groups is 1. The smallest absolute Gasteiger partial charge is 0.293 e. The molecular weight excluding hydrogens is 812 g/mol. The van der Waals surface area contributed by atoms with Gasteiger partial charge in [-0.25, -0.2) is 4.98 Å². The molecule has 9 rings (SSSR count). The molecule has 4 saturated heterocycles. The van der Waals surface area contributed by atoms with Gasteiger partial charge in [-0.05, 0) is 106 Å². The minimum absolute atomic E-state index is 0.100. The van der Waals surface area contributed by atoms with E-state index in [0.29, 0.717) is 41.2 Å². The number of halogens is 1. The van der Waals surface area contributed by atoms with Gasteiger partial charge in [-0.15, -0.1) is 0 Å². The molecule has 4 aromatic rings. The number of likely N-dealkylation sites (tertiary alicyclic amines) is 1. The number of fused-ring (bicyclic) bond motifs is 2. The number of ether oxygens (including phenoxy) is 1. The fraction of sp³-hybridized carbons (Fsp3) is 0.489. The van der Waals surface area contributed by atoms with Crippen LogP contribution in [0.3, 0.4) is 0 Å². The van der Waals surface area contributed by atoms with Gasteiger partial charge >= 0.3 is 0 Å². The van der Waals surface area contributed by atoms with Gasteiger partial charge in [0, 0.05) is 93.1 Å². The molecule has 5 aliphatic heterocycles. The molecule has 4 fully saturated rings. The molecule has 2 atom stereocenters. The number of carbonyl (C=O) groups is 4. The number of hydrogen-bond acceptors (Lipinski definition) is 12.